The Balaban J connectivity index is 2.64. The number of nitrogens with two attached hydrogens (primary N) is 1. The summed E-state index contributed by atoms with van der Waals surface area (Å²) >= 11 is 0. The molecule has 0 aliphatic heterocycles. The molecule has 1 aromatic carbocycles. The van der Waals surface area contributed by atoms with Gasteiger partial charge in [0, 0.05) is 19.2 Å². The zero-order valence-corrected chi connectivity index (χ0v) is 13.2. The second-order valence-electron chi connectivity index (χ2n) is 4.87. The quantitative estimate of drug-likeness (QED) is 0.712. The fraction of sp³-hybridized carbons (Fsp3) is 0.533. The first kappa shape index (κ1) is 17.3. The van der Waals surface area contributed by atoms with Gasteiger partial charge in [0.2, 0.25) is 5.91 Å². The number of benzene rings is 1. The van der Waals surface area contributed by atoms with Crippen LogP contribution in [0.5, 0.6) is 5.75 Å². The monoisotopic (exact) mass is 295 g/mol. The van der Waals surface area contributed by atoms with Gasteiger partial charge in [-0.3, -0.25) is 9.69 Å². The molecular formula is C15H25N3O3. The van der Waals surface area contributed by atoms with Gasteiger partial charge in [0.15, 0.2) is 0 Å². The fourth-order valence-corrected chi connectivity index (χ4v) is 2.08. The van der Waals surface area contributed by atoms with E-state index in [-0.39, 0.29) is 11.9 Å². The molecule has 1 amide bonds. The Hall–Kier alpha value is -1.79. The molecule has 0 radical (unpaired) electrons. The number of methoxy groups -OCH3 is 2. The number of amides is 1. The molecular weight excluding hydrogens is 270 g/mol. The SMILES string of the molecule is CCN(CC(=O)Nc1ccc(OC)cc1N)C(C)COC. The van der Waals surface area contributed by atoms with Gasteiger partial charge in [0.05, 0.1) is 31.6 Å². The van der Waals surface area contributed by atoms with Crippen LogP contribution in [0, 0.1) is 0 Å². The third-order valence-electron chi connectivity index (χ3n) is 3.32. The molecule has 0 saturated heterocycles. The Morgan fingerprint density at radius 1 is 1.43 bits per heavy atom. The van der Waals surface area contributed by atoms with Crippen molar-refractivity contribution in [3.8, 4) is 5.75 Å². The van der Waals surface area contributed by atoms with E-state index in [0.717, 1.165) is 6.54 Å². The molecule has 6 heteroatoms. The number of ether oxygens (including phenoxy) is 2. The van der Waals surface area contributed by atoms with Crippen molar-refractivity contribution < 1.29 is 14.3 Å². The molecule has 3 N–H and O–H groups in total. The smallest absolute Gasteiger partial charge is 0.238 e. The maximum atomic E-state index is 12.1. The van der Waals surface area contributed by atoms with Crippen molar-refractivity contribution >= 4 is 17.3 Å². The lowest BCUT2D eigenvalue weighted by atomic mass is 10.2. The second-order valence-corrected chi connectivity index (χ2v) is 4.87. The average Bonchev–Trinajstić information content (AvgIpc) is 2.47. The van der Waals surface area contributed by atoms with Crippen LogP contribution in [0.1, 0.15) is 13.8 Å². The van der Waals surface area contributed by atoms with Crippen LogP contribution >= 0.6 is 0 Å². The number of rotatable bonds is 8. The number of hydrogen-bond acceptors (Lipinski definition) is 5. The summed E-state index contributed by atoms with van der Waals surface area (Å²) in [6.07, 6.45) is 0. The standard InChI is InChI=1S/C15H25N3O3/c1-5-18(11(2)10-20-3)9-15(19)17-14-7-6-12(21-4)8-13(14)16/h6-8,11H,5,9-10,16H2,1-4H3,(H,17,19). The minimum atomic E-state index is -0.100. The lowest BCUT2D eigenvalue weighted by molar-refractivity contribution is -0.118. The number of carbonyl (C=O) groups is 1. The van der Waals surface area contributed by atoms with E-state index in [1.165, 1.54) is 0 Å². The summed E-state index contributed by atoms with van der Waals surface area (Å²) < 4.78 is 10.2. The second kappa shape index (κ2) is 8.49. The number of nitrogen functional groups attached to an aromatic ring is 1. The van der Waals surface area contributed by atoms with Gasteiger partial charge in [0.25, 0.3) is 0 Å². The van der Waals surface area contributed by atoms with Crippen LogP contribution < -0.4 is 15.8 Å². The van der Waals surface area contributed by atoms with Crippen LogP contribution in [0.4, 0.5) is 11.4 Å². The molecule has 0 heterocycles. The Bertz CT molecular complexity index is 465. The summed E-state index contributed by atoms with van der Waals surface area (Å²) in [6, 6.07) is 5.36. The van der Waals surface area contributed by atoms with Gasteiger partial charge in [-0.1, -0.05) is 6.92 Å². The minimum Gasteiger partial charge on any atom is -0.497 e. The lowest BCUT2D eigenvalue weighted by Gasteiger charge is -2.26. The third-order valence-corrected chi connectivity index (χ3v) is 3.32. The molecule has 0 fully saturated rings. The Labute approximate surface area is 126 Å². The molecule has 0 aliphatic rings. The van der Waals surface area contributed by atoms with E-state index in [4.69, 9.17) is 15.2 Å². The van der Waals surface area contributed by atoms with E-state index in [9.17, 15) is 4.79 Å². The van der Waals surface area contributed by atoms with Crippen LogP contribution in [0.3, 0.4) is 0 Å². The summed E-state index contributed by atoms with van der Waals surface area (Å²) in [7, 11) is 3.23. The molecule has 0 spiro atoms. The van der Waals surface area contributed by atoms with E-state index < -0.39 is 0 Å². The first-order valence-electron chi connectivity index (χ1n) is 6.98. The van der Waals surface area contributed by atoms with E-state index in [1.54, 1.807) is 32.4 Å². The molecule has 1 atom stereocenters. The molecule has 118 valence electrons. The van der Waals surface area contributed by atoms with Gasteiger partial charge in [-0.15, -0.1) is 0 Å². The number of nitrogens with zero attached hydrogens (tertiary/aromatic N) is 1. The van der Waals surface area contributed by atoms with Gasteiger partial charge in [-0.2, -0.15) is 0 Å². The number of carbonyl (C=O) groups excluding carboxylic acids is 1. The maximum absolute atomic E-state index is 12.1. The van der Waals surface area contributed by atoms with E-state index in [1.807, 2.05) is 18.7 Å². The largest absolute Gasteiger partial charge is 0.497 e. The molecule has 6 nitrogen and oxygen atoms in total. The van der Waals surface area contributed by atoms with Gasteiger partial charge in [-0.25, -0.2) is 0 Å². The summed E-state index contributed by atoms with van der Waals surface area (Å²) in [4.78, 5) is 14.2. The summed E-state index contributed by atoms with van der Waals surface area (Å²) in [5.41, 5.74) is 6.96. The molecule has 0 bridgehead atoms. The van der Waals surface area contributed by atoms with Gasteiger partial charge in [0.1, 0.15) is 5.75 Å². The minimum absolute atomic E-state index is 0.100. The van der Waals surface area contributed by atoms with Crippen molar-refractivity contribution in [2.75, 3.05) is 45.0 Å². The molecule has 1 rings (SSSR count). The van der Waals surface area contributed by atoms with E-state index in [0.29, 0.717) is 30.3 Å². The van der Waals surface area contributed by atoms with Gasteiger partial charge < -0.3 is 20.5 Å². The molecule has 0 saturated carbocycles. The number of nitrogens with one attached hydrogen (secondary N) is 1. The number of likely N-dealkylation sites (N-methyl/N-ethyl adjacent to an activating group) is 1. The highest BCUT2D eigenvalue weighted by molar-refractivity contribution is 5.95. The third kappa shape index (κ3) is 5.24. The van der Waals surface area contributed by atoms with Crippen molar-refractivity contribution in [3.63, 3.8) is 0 Å². The number of anilines is 2. The highest BCUT2D eigenvalue weighted by atomic mass is 16.5. The van der Waals surface area contributed by atoms with Crippen molar-refractivity contribution in [3.05, 3.63) is 18.2 Å². The summed E-state index contributed by atoms with van der Waals surface area (Å²) in [6.45, 7) is 5.71. The van der Waals surface area contributed by atoms with E-state index >= 15 is 0 Å². The molecule has 1 aromatic rings. The highest BCUT2D eigenvalue weighted by Crippen LogP contribution is 2.23. The molecule has 1 unspecified atom stereocenters. The maximum Gasteiger partial charge on any atom is 0.238 e. The Morgan fingerprint density at radius 2 is 2.14 bits per heavy atom. The van der Waals surface area contributed by atoms with Crippen LogP contribution in [-0.2, 0) is 9.53 Å². The normalized spacial score (nSPS) is 12.2. The lowest BCUT2D eigenvalue weighted by Crippen LogP contribution is -2.41. The van der Waals surface area contributed by atoms with Crippen LogP contribution in [-0.4, -0.2) is 50.8 Å². The number of hydrogen-bond donors (Lipinski definition) is 2. The van der Waals surface area contributed by atoms with Crippen molar-refractivity contribution in [1.29, 1.82) is 0 Å². The zero-order chi connectivity index (χ0) is 15.8. The predicted molar refractivity (Wildman–Crippen MR) is 84.6 cm³/mol. The van der Waals surface area contributed by atoms with Gasteiger partial charge in [-0.05, 0) is 25.6 Å². The Morgan fingerprint density at radius 3 is 2.67 bits per heavy atom. The van der Waals surface area contributed by atoms with Gasteiger partial charge >= 0.3 is 0 Å². The fourth-order valence-electron chi connectivity index (χ4n) is 2.08. The Kier molecular flexibility index (Phi) is 6.98. The topological polar surface area (TPSA) is 76.8 Å². The average molecular weight is 295 g/mol. The molecule has 0 aromatic heterocycles. The first-order chi connectivity index (χ1) is 10.0. The summed E-state index contributed by atoms with van der Waals surface area (Å²) in [5.74, 6) is 0.561. The van der Waals surface area contributed by atoms with Crippen molar-refractivity contribution in [2.45, 2.75) is 19.9 Å². The molecule has 0 aliphatic carbocycles. The van der Waals surface area contributed by atoms with Crippen molar-refractivity contribution in [2.24, 2.45) is 0 Å². The van der Waals surface area contributed by atoms with Crippen molar-refractivity contribution in [1.82, 2.24) is 4.90 Å². The first-order valence-corrected chi connectivity index (χ1v) is 6.98. The van der Waals surface area contributed by atoms with E-state index in [2.05, 4.69) is 5.32 Å². The van der Waals surface area contributed by atoms with Crippen LogP contribution in [0.2, 0.25) is 0 Å². The zero-order valence-electron chi connectivity index (χ0n) is 13.2. The molecule has 21 heavy (non-hydrogen) atoms. The van der Waals surface area contributed by atoms with Crippen LogP contribution in [0.15, 0.2) is 18.2 Å². The highest BCUT2D eigenvalue weighted by Gasteiger charge is 2.16. The van der Waals surface area contributed by atoms with Crippen LogP contribution in [0.25, 0.3) is 0 Å². The predicted octanol–water partition coefficient (Wildman–Crippen LogP) is 1.57. The summed E-state index contributed by atoms with van der Waals surface area (Å²) in [5, 5.41) is 2.82.